The van der Waals surface area contributed by atoms with Crippen LogP contribution in [0.15, 0.2) is 249 Å². The SMILES string of the molecule is c1ccc(-c2nc(-c3ccccc3)nc(-c3cc(-n4c5ccccc5c5cc(-c6cccc7c6sc6ccccc67)ccc54)cc(-n4c5ccccc5c5cc(-c6cccc7c6sc6ccccc67)ccc54)c3)n2)cc1. The Morgan fingerprint density at radius 3 is 1.11 bits per heavy atom. The van der Waals surface area contributed by atoms with Gasteiger partial charge >= 0.3 is 0 Å². The minimum absolute atomic E-state index is 0.592. The van der Waals surface area contributed by atoms with Crippen LogP contribution in [0.3, 0.4) is 0 Å². The van der Waals surface area contributed by atoms with E-state index in [9.17, 15) is 0 Å². The number of hydrogen-bond acceptors (Lipinski definition) is 5. The maximum atomic E-state index is 5.33. The van der Waals surface area contributed by atoms with Gasteiger partial charge in [-0.1, -0.05) is 182 Å². The van der Waals surface area contributed by atoms with Crippen LogP contribution in [0.5, 0.6) is 0 Å². The predicted octanol–water partition coefficient (Wildman–Crippen LogP) is 19.1. The number of aromatic nitrogens is 5. The molecule has 7 heteroatoms. The summed E-state index contributed by atoms with van der Waals surface area (Å²) < 4.78 is 10.1. The molecule has 0 aliphatic heterocycles. The Kier molecular flexibility index (Phi) is 9.61. The van der Waals surface area contributed by atoms with Gasteiger partial charge in [-0.2, -0.15) is 0 Å². The summed E-state index contributed by atoms with van der Waals surface area (Å²) in [6.07, 6.45) is 0. The standard InChI is InChI=1S/C69H41N5S2/c1-3-17-42(18-4-1)67-70-68(43-19-5-2-6-20-43)72-69(71-67)46-37-47(73-59-29-11-7-21-51(59)57-39-44(33-35-61(57)73)49-25-15-27-55-53-23-9-13-31-63(53)75-65(49)55)41-48(38-46)74-60-30-12-8-22-52(60)58-40-45(34-36-62(58)74)50-26-16-28-56-54-24-10-14-32-64(54)76-66(50)56/h1-41H. The van der Waals surface area contributed by atoms with Crippen LogP contribution in [0.4, 0.5) is 0 Å². The number of para-hydroxylation sites is 2. The molecule has 0 saturated heterocycles. The highest BCUT2D eigenvalue weighted by Crippen LogP contribution is 2.45. The van der Waals surface area contributed by atoms with Crippen molar-refractivity contribution in [1.29, 1.82) is 0 Å². The Morgan fingerprint density at radius 1 is 0.250 bits per heavy atom. The summed E-state index contributed by atoms with van der Waals surface area (Å²) >= 11 is 3.74. The largest absolute Gasteiger partial charge is 0.309 e. The quantitative estimate of drug-likeness (QED) is 0.160. The van der Waals surface area contributed by atoms with Gasteiger partial charge in [0.2, 0.25) is 0 Å². The molecule has 5 nitrogen and oxygen atoms in total. The van der Waals surface area contributed by atoms with E-state index in [0.29, 0.717) is 17.5 Å². The molecule has 0 aliphatic rings. The number of thiophene rings is 2. The first-order valence-electron chi connectivity index (χ1n) is 25.6. The molecule has 5 aromatic heterocycles. The number of fused-ring (bicyclic) bond motifs is 12. The minimum atomic E-state index is 0.592. The number of benzene rings is 11. The molecule has 0 radical (unpaired) electrons. The maximum Gasteiger partial charge on any atom is 0.164 e. The molecule has 0 N–H and O–H groups in total. The Morgan fingerprint density at radius 2 is 0.632 bits per heavy atom. The molecule has 16 aromatic rings. The molecule has 0 saturated carbocycles. The van der Waals surface area contributed by atoms with E-state index < -0.39 is 0 Å². The van der Waals surface area contributed by atoms with Crippen LogP contribution in [-0.4, -0.2) is 24.1 Å². The molecule has 0 unspecified atom stereocenters. The third-order valence-corrected chi connectivity index (χ3v) is 17.6. The summed E-state index contributed by atoms with van der Waals surface area (Å²) in [7, 11) is 0. The lowest BCUT2D eigenvalue weighted by Crippen LogP contribution is -2.03. The average molecular weight is 1000 g/mol. The summed E-state index contributed by atoms with van der Waals surface area (Å²) in [5, 5.41) is 9.94. The third kappa shape index (κ3) is 6.73. The van der Waals surface area contributed by atoms with Gasteiger partial charge in [0.15, 0.2) is 17.5 Å². The molecule has 354 valence electrons. The molecule has 16 rings (SSSR count). The molecule has 0 fully saturated rings. The fraction of sp³-hybridized carbons (Fsp3) is 0. The van der Waals surface area contributed by atoms with Crippen LogP contribution in [-0.2, 0) is 0 Å². The normalized spacial score (nSPS) is 11.9. The number of hydrogen-bond donors (Lipinski definition) is 0. The topological polar surface area (TPSA) is 48.5 Å². The first-order chi connectivity index (χ1) is 37.7. The highest BCUT2D eigenvalue weighted by atomic mass is 32.1. The summed E-state index contributed by atoms with van der Waals surface area (Å²) in [5.74, 6) is 1.83. The molecular formula is C69H41N5S2. The van der Waals surface area contributed by atoms with Crippen LogP contribution in [0.25, 0.3) is 152 Å². The van der Waals surface area contributed by atoms with Crippen LogP contribution in [0, 0.1) is 0 Å². The van der Waals surface area contributed by atoms with Gasteiger partial charge < -0.3 is 9.13 Å². The average Bonchev–Trinajstić information content (AvgIpc) is 4.31. The molecular weight excluding hydrogens is 963 g/mol. The van der Waals surface area contributed by atoms with Gasteiger partial charge in [0.1, 0.15) is 0 Å². The van der Waals surface area contributed by atoms with Crippen LogP contribution in [0.2, 0.25) is 0 Å². The van der Waals surface area contributed by atoms with Gasteiger partial charge in [0, 0.05) is 90.0 Å². The zero-order valence-electron chi connectivity index (χ0n) is 40.7. The van der Waals surface area contributed by atoms with E-state index in [4.69, 9.17) is 15.0 Å². The summed E-state index contributed by atoms with van der Waals surface area (Å²) in [6.45, 7) is 0. The molecule has 0 atom stereocenters. The zero-order valence-corrected chi connectivity index (χ0v) is 42.4. The van der Waals surface area contributed by atoms with Gasteiger partial charge in [0.25, 0.3) is 0 Å². The van der Waals surface area contributed by atoms with Crippen molar-refractivity contribution in [3.05, 3.63) is 249 Å². The first kappa shape index (κ1) is 42.9. The highest BCUT2D eigenvalue weighted by molar-refractivity contribution is 7.26. The van der Waals surface area contributed by atoms with Crippen LogP contribution in [0.1, 0.15) is 0 Å². The van der Waals surface area contributed by atoms with Crippen molar-refractivity contribution in [3.63, 3.8) is 0 Å². The minimum Gasteiger partial charge on any atom is -0.309 e. The van der Waals surface area contributed by atoms with E-state index in [1.54, 1.807) is 0 Å². The smallest absolute Gasteiger partial charge is 0.164 e. The third-order valence-electron chi connectivity index (χ3n) is 15.2. The van der Waals surface area contributed by atoms with E-state index in [1.165, 1.54) is 84.1 Å². The Balaban J connectivity index is 0.948. The molecule has 5 heterocycles. The first-order valence-corrected chi connectivity index (χ1v) is 27.2. The van der Waals surface area contributed by atoms with Gasteiger partial charge in [-0.3, -0.25) is 0 Å². The second-order valence-electron chi connectivity index (χ2n) is 19.5. The monoisotopic (exact) mass is 1000 g/mol. The second-order valence-corrected chi connectivity index (χ2v) is 21.6. The Hall–Kier alpha value is -9.53. The molecule has 76 heavy (non-hydrogen) atoms. The Labute approximate surface area is 444 Å². The van der Waals surface area contributed by atoms with Crippen LogP contribution >= 0.6 is 22.7 Å². The lowest BCUT2D eigenvalue weighted by molar-refractivity contribution is 1.07. The fourth-order valence-corrected chi connectivity index (χ4v) is 14.2. The second kappa shape index (κ2) is 17.0. The lowest BCUT2D eigenvalue weighted by Gasteiger charge is -2.16. The number of nitrogens with zero attached hydrogens (tertiary/aromatic N) is 5. The van der Waals surface area contributed by atoms with Crippen molar-refractivity contribution in [2.24, 2.45) is 0 Å². The molecule has 0 aliphatic carbocycles. The van der Waals surface area contributed by atoms with E-state index >= 15 is 0 Å². The van der Waals surface area contributed by atoms with Gasteiger partial charge in [-0.15, -0.1) is 22.7 Å². The van der Waals surface area contributed by atoms with E-state index in [1.807, 2.05) is 59.1 Å². The summed E-state index contributed by atoms with van der Waals surface area (Å²) in [6, 6.07) is 89.9. The Bertz CT molecular complexity index is 4700. The fourth-order valence-electron chi connectivity index (χ4n) is 11.7. The van der Waals surface area contributed by atoms with Gasteiger partial charge in [-0.25, -0.2) is 15.0 Å². The van der Waals surface area contributed by atoms with Crippen LogP contribution < -0.4 is 0 Å². The predicted molar refractivity (Wildman–Crippen MR) is 321 cm³/mol. The zero-order chi connectivity index (χ0) is 49.8. The maximum absolute atomic E-state index is 5.33. The van der Waals surface area contributed by atoms with E-state index in [2.05, 4.69) is 221 Å². The number of rotatable bonds is 7. The molecule has 0 spiro atoms. The van der Waals surface area contributed by atoms with Gasteiger partial charge in [0.05, 0.1) is 22.1 Å². The highest BCUT2D eigenvalue weighted by Gasteiger charge is 2.22. The van der Waals surface area contributed by atoms with Crippen molar-refractivity contribution in [1.82, 2.24) is 24.1 Å². The lowest BCUT2D eigenvalue weighted by atomic mass is 10.0. The van der Waals surface area contributed by atoms with Crippen molar-refractivity contribution in [2.45, 2.75) is 0 Å². The van der Waals surface area contributed by atoms with E-state index in [0.717, 1.165) is 50.1 Å². The van der Waals surface area contributed by atoms with Crippen molar-refractivity contribution < 1.29 is 0 Å². The molecule has 11 aromatic carbocycles. The van der Waals surface area contributed by atoms with Crippen molar-refractivity contribution >= 4 is 107 Å². The van der Waals surface area contributed by atoms with E-state index in [-0.39, 0.29) is 0 Å². The van der Waals surface area contributed by atoms with Crippen molar-refractivity contribution in [2.75, 3.05) is 0 Å². The van der Waals surface area contributed by atoms with Crippen molar-refractivity contribution in [3.8, 4) is 67.8 Å². The van der Waals surface area contributed by atoms with Gasteiger partial charge in [-0.05, 0) is 89.0 Å². The summed E-state index contributed by atoms with van der Waals surface area (Å²) in [4.78, 5) is 15.8. The summed E-state index contributed by atoms with van der Waals surface area (Å²) in [5.41, 5.74) is 14.1. The molecule has 0 bridgehead atoms. The molecule has 0 amide bonds.